The van der Waals surface area contributed by atoms with E-state index in [4.69, 9.17) is 0 Å². The molecule has 3 aromatic rings. The Kier molecular flexibility index (Phi) is 7.27. The highest BCUT2D eigenvalue weighted by Gasteiger charge is 2.31. The Hall–Kier alpha value is -4.33. The van der Waals surface area contributed by atoms with Crippen LogP contribution in [-0.4, -0.2) is 68.1 Å². The van der Waals surface area contributed by atoms with Crippen molar-refractivity contribution in [1.29, 1.82) is 0 Å². The number of carbonyl (C=O) groups is 1. The molecule has 0 unspecified atom stereocenters. The molecule has 5 rings (SSSR count). The number of sulfonamides is 1. The molecule has 1 aromatic heterocycles. The van der Waals surface area contributed by atoms with Crippen molar-refractivity contribution in [3.8, 4) is 5.75 Å². The zero-order chi connectivity index (χ0) is 28.5. The van der Waals surface area contributed by atoms with Gasteiger partial charge in [0.05, 0.1) is 11.9 Å². The molecule has 0 atom stereocenters. The Morgan fingerprint density at radius 1 is 1.00 bits per heavy atom. The molecule has 1 fully saturated rings. The van der Waals surface area contributed by atoms with Crippen LogP contribution in [0, 0.1) is 0 Å². The molecule has 2 aromatic carbocycles. The van der Waals surface area contributed by atoms with Crippen molar-refractivity contribution < 1.29 is 31.1 Å². The van der Waals surface area contributed by atoms with Crippen molar-refractivity contribution >= 4 is 44.9 Å². The maximum Gasteiger partial charge on any atom is 0.573 e. The summed E-state index contributed by atoms with van der Waals surface area (Å²) < 4.78 is 66.6. The van der Waals surface area contributed by atoms with Crippen LogP contribution in [0.2, 0.25) is 0 Å². The number of hydrogen-bond donors (Lipinski definition) is 2. The fourth-order valence-corrected chi connectivity index (χ4v) is 5.17. The first-order valence-corrected chi connectivity index (χ1v) is 14.1. The minimum Gasteiger partial charge on any atom is -0.406 e. The quantitative estimate of drug-likeness (QED) is 0.453. The normalized spacial score (nSPS) is 15.3. The summed E-state index contributed by atoms with van der Waals surface area (Å²) in [4.78, 5) is 25.4. The molecular weight excluding hydrogens is 549 g/mol. The second-order valence-electron chi connectivity index (χ2n) is 9.34. The van der Waals surface area contributed by atoms with Crippen LogP contribution in [0.25, 0.3) is 11.6 Å². The number of aromatic nitrogens is 2. The zero-order valence-corrected chi connectivity index (χ0v) is 22.1. The predicted molar refractivity (Wildman–Crippen MR) is 144 cm³/mol. The fourth-order valence-electron chi connectivity index (χ4n) is 4.61. The van der Waals surface area contributed by atoms with Crippen LogP contribution in [0.4, 0.5) is 35.2 Å². The summed E-state index contributed by atoms with van der Waals surface area (Å²) in [7, 11) is -3.40. The first-order chi connectivity index (χ1) is 18.9. The van der Waals surface area contributed by atoms with Crippen molar-refractivity contribution in [2.75, 3.05) is 47.4 Å². The monoisotopic (exact) mass is 574 g/mol. The molecule has 1 aliphatic carbocycles. The number of hydrogen-bond acceptors (Lipinski definition) is 7. The van der Waals surface area contributed by atoms with Gasteiger partial charge in [-0.2, -0.15) is 0 Å². The molecule has 0 bridgehead atoms. The van der Waals surface area contributed by atoms with E-state index in [1.54, 1.807) is 23.1 Å². The number of piperazine rings is 1. The molecule has 0 radical (unpaired) electrons. The van der Waals surface area contributed by atoms with Crippen LogP contribution >= 0.6 is 0 Å². The molecule has 1 aliphatic heterocycles. The van der Waals surface area contributed by atoms with E-state index in [9.17, 15) is 26.4 Å². The van der Waals surface area contributed by atoms with E-state index >= 15 is 0 Å². The highest BCUT2D eigenvalue weighted by molar-refractivity contribution is 7.92. The first kappa shape index (κ1) is 27.2. The van der Waals surface area contributed by atoms with Gasteiger partial charge in [-0.05, 0) is 53.6 Å². The molecule has 0 spiro atoms. The van der Waals surface area contributed by atoms with E-state index in [2.05, 4.69) is 29.6 Å². The summed E-state index contributed by atoms with van der Waals surface area (Å²) in [6, 6.07) is 11.8. The Balaban J connectivity index is 1.23. The molecule has 0 saturated carbocycles. The summed E-state index contributed by atoms with van der Waals surface area (Å²) in [5.74, 6) is 0.387. The van der Waals surface area contributed by atoms with Crippen molar-refractivity contribution in [3.05, 3.63) is 71.7 Å². The van der Waals surface area contributed by atoms with Gasteiger partial charge in [-0.1, -0.05) is 12.1 Å². The van der Waals surface area contributed by atoms with Gasteiger partial charge in [0, 0.05) is 49.5 Å². The summed E-state index contributed by atoms with van der Waals surface area (Å²) in [6.07, 6.45) is 0.410. The van der Waals surface area contributed by atoms with Gasteiger partial charge in [-0.15, -0.1) is 13.2 Å². The van der Waals surface area contributed by atoms with Crippen LogP contribution < -0.4 is 19.7 Å². The molecule has 2 N–H and O–H groups in total. The Morgan fingerprint density at radius 2 is 1.73 bits per heavy atom. The van der Waals surface area contributed by atoms with Crippen LogP contribution in [0.15, 0.2) is 54.9 Å². The average Bonchev–Trinajstić information content (AvgIpc) is 3.33. The highest BCUT2D eigenvalue weighted by atomic mass is 32.2. The molecule has 210 valence electrons. The summed E-state index contributed by atoms with van der Waals surface area (Å²) in [5, 5.41) is 2.69. The number of benzene rings is 2. The molecule has 2 amide bonds. The fraction of sp³-hybridized carbons (Fsp3) is 0.269. The number of nitrogens with one attached hydrogen (secondary N) is 2. The predicted octanol–water partition coefficient (Wildman–Crippen LogP) is 4.20. The lowest BCUT2D eigenvalue weighted by Gasteiger charge is -2.35. The lowest BCUT2D eigenvalue weighted by atomic mass is 10.0. The second kappa shape index (κ2) is 10.7. The third-order valence-electron chi connectivity index (χ3n) is 6.36. The number of fused-ring (bicyclic) bond motifs is 1. The number of carbonyl (C=O) groups excluding carboxylic acids is 1. The number of ether oxygens (including phenoxy) is 1. The molecule has 2 heterocycles. The second-order valence-corrected chi connectivity index (χ2v) is 11.1. The van der Waals surface area contributed by atoms with Crippen molar-refractivity contribution in [1.82, 2.24) is 14.9 Å². The Bertz CT molecular complexity index is 1550. The number of rotatable bonds is 6. The van der Waals surface area contributed by atoms with E-state index in [1.807, 2.05) is 12.1 Å². The van der Waals surface area contributed by atoms with Gasteiger partial charge >= 0.3 is 12.4 Å². The third kappa shape index (κ3) is 6.62. The van der Waals surface area contributed by atoms with Crippen LogP contribution in [0.3, 0.4) is 0 Å². The maximum absolute atomic E-state index is 12.7. The molecule has 14 heteroatoms. The SMILES string of the molecule is CS(=O)(=O)Nc1cccc(C2=Cc3c(ncnc3N3CCN(C(=O)Nc4ccc(OC(F)(F)F)cc4)CC3)C2)c1. The molecule has 1 saturated heterocycles. The van der Waals surface area contributed by atoms with Crippen LogP contribution in [0.1, 0.15) is 16.8 Å². The Morgan fingerprint density at radius 3 is 2.40 bits per heavy atom. The summed E-state index contributed by atoms with van der Waals surface area (Å²) >= 11 is 0. The van der Waals surface area contributed by atoms with Gasteiger partial charge in [-0.3, -0.25) is 4.72 Å². The molecule has 10 nitrogen and oxygen atoms in total. The lowest BCUT2D eigenvalue weighted by molar-refractivity contribution is -0.274. The topological polar surface area (TPSA) is 117 Å². The first-order valence-electron chi connectivity index (χ1n) is 12.2. The van der Waals surface area contributed by atoms with E-state index in [-0.39, 0.29) is 11.8 Å². The zero-order valence-electron chi connectivity index (χ0n) is 21.3. The average molecular weight is 575 g/mol. The van der Waals surface area contributed by atoms with Gasteiger partial charge in [0.1, 0.15) is 17.9 Å². The Labute approximate surface area is 228 Å². The lowest BCUT2D eigenvalue weighted by Crippen LogP contribution is -2.50. The number of amides is 2. The van der Waals surface area contributed by atoms with Gasteiger partial charge < -0.3 is 19.9 Å². The maximum atomic E-state index is 12.7. The number of urea groups is 1. The number of halogens is 3. The molecule has 2 aliphatic rings. The number of anilines is 3. The smallest absolute Gasteiger partial charge is 0.406 e. The van der Waals surface area contributed by atoms with Gasteiger partial charge in [0.15, 0.2) is 0 Å². The van der Waals surface area contributed by atoms with Gasteiger partial charge in [0.2, 0.25) is 10.0 Å². The number of alkyl halides is 3. The summed E-state index contributed by atoms with van der Waals surface area (Å²) in [6.45, 7) is 1.86. The van der Waals surface area contributed by atoms with Crippen LogP contribution in [-0.2, 0) is 16.4 Å². The van der Waals surface area contributed by atoms with Crippen molar-refractivity contribution in [3.63, 3.8) is 0 Å². The van der Waals surface area contributed by atoms with E-state index < -0.39 is 16.4 Å². The number of nitrogens with zero attached hydrogens (tertiary/aromatic N) is 4. The minimum absolute atomic E-state index is 0.351. The standard InChI is InChI=1S/C26H25F3N6O4S/c1-40(37,38)33-20-4-2-3-17(13-20)18-14-22-23(15-18)30-16-31-24(22)34-9-11-35(12-10-34)25(36)32-19-5-7-21(8-6-19)39-26(27,28)29/h2-8,13-14,16,33H,9-12,15H2,1H3,(H,32,36). The largest absolute Gasteiger partial charge is 0.573 e. The molecule has 40 heavy (non-hydrogen) atoms. The van der Waals surface area contributed by atoms with Gasteiger partial charge in [0.25, 0.3) is 0 Å². The number of allylic oxidation sites excluding steroid dienone is 1. The van der Waals surface area contributed by atoms with Crippen molar-refractivity contribution in [2.24, 2.45) is 0 Å². The molecular formula is C26H25F3N6O4S. The van der Waals surface area contributed by atoms with Crippen molar-refractivity contribution in [2.45, 2.75) is 12.8 Å². The highest BCUT2D eigenvalue weighted by Crippen LogP contribution is 2.36. The van der Waals surface area contributed by atoms with E-state index in [0.29, 0.717) is 44.0 Å². The minimum atomic E-state index is -4.78. The van der Waals surface area contributed by atoms with Gasteiger partial charge in [-0.25, -0.2) is 23.2 Å². The van der Waals surface area contributed by atoms with E-state index in [0.717, 1.165) is 46.6 Å². The van der Waals surface area contributed by atoms with E-state index in [1.165, 1.54) is 18.5 Å². The van der Waals surface area contributed by atoms with Crippen LogP contribution in [0.5, 0.6) is 5.75 Å². The summed E-state index contributed by atoms with van der Waals surface area (Å²) in [5.41, 5.74) is 4.43. The third-order valence-corrected chi connectivity index (χ3v) is 6.97.